The number of guanidine groups is 1. The van der Waals surface area contributed by atoms with E-state index in [0.717, 1.165) is 5.69 Å². The third-order valence-electron chi connectivity index (χ3n) is 3.17. The van der Waals surface area contributed by atoms with E-state index in [4.69, 9.17) is 10.5 Å². The number of methoxy groups -OCH3 is 1. The van der Waals surface area contributed by atoms with Crippen LogP contribution < -0.4 is 11.1 Å². The maximum Gasteiger partial charge on any atom is 0.193 e. The molecule has 3 N–H and O–H groups in total. The van der Waals surface area contributed by atoms with Crippen molar-refractivity contribution in [2.75, 3.05) is 19.0 Å². The van der Waals surface area contributed by atoms with Gasteiger partial charge in [0.15, 0.2) is 5.96 Å². The number of ether oxygens (including phenoxy) is 1. The van der Waals surface area contributed by atoms with Crippen molar-refractivity contribution in [1.82, 2.24) is 0 Å². The van der Waals surface area contributed by atoms with Gasteiger partial charge in [0, 0.05) is 12.8 Å². The van der Waals surface area contributed by atoms with E-state index in [1.807, 2.05) is 12.1 Å². The van der Waals surface area contributed by atoms with Crippen molar-refractivity contribution in [1.29, 1.82) is 0 Å². The first kappa shape index (κ1) is 20.2. The highest BCUT2D eigenvalue weighted by Crippen LogP contribution is 2.22. The lowest BCUT2D eigenvalue weighted by molar-refractivity contribution is 0.0242. The summed E-state index contributed by atoms with van der Waals surface area (Å²) in [5.41, 5.74) is 9.34. The number of aliphatic imine (C=N–C) groups is 1. The molecule has 0 fully saturated rings. The Kier molecular flexibility index (Phi) is 8.25. The molecule has 0 aromatic heterocycles. The Balaban J connectivity index is 0.00000400. The molecule has 0 spiro atoms. The van der Waals surface area contributed by atoms with Crippen molar-refractivity contribution in [3.63, 3.8) is 0 Å². The summed E-state index contributed by atoms with van der Waals surface area (Å²) in [5.74, 6) is 0.418. The number of aryl methyl sites for hydroxylation is 2. The highest BCUT2D eigenvalue weighted by Gasteiger charge is 2.23. The van der Waals surface area contributed by atoms with Crippen LogP contribution >= 0.6 is 24.0 Å². The molecule has 0 aliphatic rings. The number of nitrogens with two attached hydrogens (primary N) is 1. The lowest BCUT2D eigenvalue weighted by atomic mass is 9.89. The second-order valence-electron chi connectivity index (χ2n) is 6.32. The van der Waals surface area contributed by atoms with E-state index in [2.05, 4.69) is 51.0 Å². The number of hydrogen-bond donors (Lipinski definition) is 2. The lowest BCUT2D eigenvalue weighted by Crippen LogP contribution is -2.33. The van der Waals surface area contributed by atoms with Gasteiger partial charge in [0.2, 0.25) is 0 Å². The highest BCUT2D eigenvalue weighted by atomic mass is 127. The molecule has 4 nitrogen and oxygen atoms in total. The van der Waals surface area contributed by atoms with Crippen LogP contribution in [0.25, 0.3) is 0 Å². The standard InChI is InChI=1S/C16H27N3O.HI/c1-11-7-12(2)9-13(8-11)19-15(17)18-10-14(20-6)16(3,4)5;/h7-9,14H,10H2,1-6H3,(H3,17,18,19);1H. The van der Waals surface area contributed by atoms with Crippen LogP contribution in [0.2, 0.25) is 0 Å². The molecule has 5 heteroatoms. The van der Waals surface area contributed by atoms with Crippen LogP contribution in [0.1, 0.15) is 31.9 Å². The molecule has 1 aromatic rings. The van der Waals surface area contributed by atoms with E-state index in [0.29, 0.717) is 12.5 Å². The smallest absolute Gasteiger partial charge is 0.193 e. The van der Waals surface area contributed by atoms with Gasteiger partial charge in [-0.1, -0.05) is 26.8 Å². The number of nitrogens with zero attached hydrogens (tertiary/aromatic N) is 1. The monoisotopic (exact) mass is 405 g/mol. The average Bonchev–Trinajstić information content (AvgIpc) is 2.26. The van der Waals surface area contributed by atoms with E-state index >= 15 is 0 Å². The van der Waals surface area contributed by atoms with E-state index in [9.17, 15) is 0 Å². The predicted octanol–water partition coefficient (Wildman–Crippen LogP) is 3.71. The molecule has 1 rings (SSSR count). The maximum atomic E-state index is 5.94. The zero-order valence-corrected chi connectivity index (χ0v) is 16.2. The second-order valence-corrected chi connectivity index (χ2v) is 6.32. The molecular formula is C16H28IN3O. The van der Waals surface area contributed by atoms with Gasteiger partial charge in [-0.15, -0.1) is 24.0 Å². The predicted molar refractivity (Wildman–Crippen MR) is 102 cm³/mol. The summed E-state index contributed by atoms with van der Waals surface area (Å²) in [6.07, 6.45) is 0.0436. The molecular weight excluding hydrogens is 377 g/mol. The minimum Gasteiger partial charge on any atom is -0.379 e. The Morgan fingerprint density at radius 2 is 1.76 bits per heavy atom. The molecule has 0 saturated heterocycles. The number of benzene rings is 1. The number of hydrogen-bond acceptors (Lipinski definition) is 2. The Labute approximate surface area is 145 Å². The third kappa shape index (κ3) is 7.13. The van der Waals surface area contributed by atoms with Crippen LogP contribution in [0.3, 0.4) is 0 Å². The van der Waals surface area contributed by atoms with Crippen LogP contribution in [0.15, 0.2) is 23.2 Å². The summed E-state index contributed by atoms with van der Waals surface area (Å²) in [6.45, 7) is 11.1. The lowest BCUT2D eigenvalue weighted by Gasteiger charge is -2.27. The SMILES string of the molecule is COC(CN=C(N)Nc1cc(C)cc(C)c1)C(C)(C)C.I. The zero-order valence-electron chi connectivity index (χ0n) is 13.9. The first-order valence-electron chi connectivity index (χ1n) is 6.90. The van der Waals surface area contributed by atoms with Gasteiger partial charge in [-0.25, -0.2) is 0 Å². The summed E-state index contributed by atoms with van der Waals surface area (Å²) in [6, 6.07) is 6.22. The van der Waals surface area contributed by atoms with Gasteiger partial charge in [-0.2, -0.15) is 0 Å². The first-order valence-corrected chi connectivity index (χ1v) is 6.90. The molecule has 0 heterocycles. The third-order valence-corrected chi connectivity index (χ3v) is 3.17. The molecule has 1 unspecified atom stereocenters. The molecule has 0 aliphatic heterocycles. The zero-order chi connectivity index (χ0) is 15.3. The number of anilines is 1. The summed E-state index contributed by atoms with van der Waals surface area (Å²) in [7, 11) is 1.71. The van der Waals surface area contributed by atoms with E-state index < -0.39 is 0 Å². The van der Waals surface area contributed by atoms with Gasteiger partial charge in [-0.05, 0) is 42.5 Å². The van der Waals surface area contributed by atoms with Gasteiger partial charge in [0.05, 0.1) is 12.6 Å². The molecule has 0 bridgehead atoms. The topological polar surface area (TPSA) is 59.6 Å². The Morgan fingerprint density at radius 1 is 1.24 bits per heavy atom. The minimum absolute atomic E-state index is 0. The van der Waals surface area contributed by atoms with Crippen LogP contribution in [0.4, 0.5) is 5.69 Å². The number of nitrogens with one attached hydrogen (secondary N) is 1. The Morgan fingerprint density at radius 3 is 2.19 bits per heavy atom. The van der Waals surface area contributed by atoms with Crippen molar-refractivity contribution in [3.8, 4) is 0 Å². The van der Waals surface area contributed by atoms with Crippen molar-refractivity contribution >= 4 is 35.6 Å². The van der Waals surface area contributed by atoms with Crippen molar-refractivity contribution in [2.24, 2.45) is 16.1 Å². The summed E-state index contributed by atoms with van der Waals surface area (Å²) >= 11 is 0. The number of halogens is 1. The molecule has 1 aromatic carbocycles. The molecule has 0 aliphatic carbocycles. The van der Waals surface area contributed by atoms with Crippen LogP contribution in [-0.2, 0) is 4.74 Å². The van der Waals surface area contributed by atoms with Crippen LogP contribution in [0, 0.1) is 19.3 Å². The van der Waals surface area contributed by atoms with E-state index in [-0.39, 0.29) is 35.5 Å². The maximum absolute atomic E-state index is 5.94. The normalized spacial score (nSPS) is 13.5. The molecule has 0 amide bonds. The fraction of sp³-hybridized carbons (Fsp3) is 0.562. The largest absolute Gasteiger partial charge is 0.379 e. The fourth-order valence-electron chi connectivity index (χ4n) is 2.12. The first-order chi connectivity index (χ1) is 9.22. The summed E-state index contributed by atoms with van der Waals surface area (Å²) < 4.78 is 5.46. The minimum atomic E-state index is 0. The average molecular weight is 405 g/mol. The Bertz CT molecular complexity index is 461. The van der Waals surface area contributed by atoms with E-state index in [1.54, 1.807) is 7.11 Å². The summed E-state index contributed by atoms with van der Waals surface area (Å²) in [5, 5.41) is 3.13. The fourth-order valence-corrected chi connectivity index (χ4v) is 2.12. The van der Waals surface area contributed by atoms with Gasteiger partial charge in [-0.3, -0.25) is 4.99 Å². The second kappa shape index (κ2) is 8.58. The quantitative estimate of drug-likeness (QED) is 0.456. The van der Waals surface area contributed by atoms with Crippen LogP contribution in [-0.4, -0.2) is 25.7 Å². The van der Waals surface area contributed by atoms with E-state index in [1.165, 1.54) is 11.1 Å². The van der Waals surface area contributed by atoms with Gasteiger partial charge < -0.3 is 15.8 Å². The molecule has 1 atom stereocenters. The van der Waals surface area contributed by atoms with Crippen molar-refractivity contribution in [2.45, 2.75) is 40.7 Å². The molecule has 120 valence electrons. The van der Waals surface area contributed by atoms with Crippen molar-refractivity contribution in [3.05, 3.63) is 29.3 Å². The Hall–Kier alpha value is -0.820. The van der Waals surface area contributed by atoms with Gasteiger partial charge in [0.1, 0.15) is 0 Å². The number of rotatable bonds is 4. The van der Waals surface area contributed by atoms with Crippen LogP contribution in [0.5, 0.6) is 0 Å². The van der Waals surface area contributed by atoms with Crippen molar-refractivity contribution < 1.29 is 4.74 Å². The molecule has 0 saturated carbocycles. The van der Waals surface area contributed by atoms with Gasteiger partial charge in [0.25, 0.3) is 0 Å². The summed E-state index contributed by atoms with van der Waals surface area (Å²) in [4.78, 5) is 4.37. The van der Waals surface area contributed by atoms with Gasteiger partial charge >= 0.3 is 0 Å². The molecule has 0 radical (unpaired) electrons. The highest BCUT2D eigenvalue weighted by molar-refractivity contribution is 14.0. The molecule has 21 heavy (non-hydrogen) atoms.